The van der Waals surface area contributed by atoms with Gasteiger partial charge in [-0.1, -0.05) is 84.6 Å². The lowest BCUT2D eigenvalue weighted by Crippen LogP contribution is -2.14. The molecule has 1 N–H and O–H groups in total. The third kappa shape index (κ3) is 5.31. The van der Waals surface area contributed by atoms with E-state index in [2.05, 4.69) is 21.6 Å². The summed E-state index contributed by atoms with van der Waals surface area (Å²) >= 11 is 1.08. The molecule has 2 aromatic heterocycles. The molecule has 0 saturated carbocycles. The Morgan fingerprint density at radius 1 is 0.947 bits per heavy atom. The van der Waals surface area contributed by atoms with Gasteiger partial charge < -0.3 is 13.6 Å². The molecule has 2 heterocycles. The summed E-state index contributed by atoms with van der Waals surface area (Å²) in [6, 6.07) is 28.5. The summed E-state index contributed by atoms with van der Waals surface area (Å²) in [5.74, 6) is 1.13. The Labute approximate surface area is 223 Å². The Hall–Kier alpha value is -4.81. The first kappa shape index (κ1) is 24.9. The molecule has 0 aliphatic heterocycles. The second kappa shape index (κ2) is 11.5. The SMILES string of the molecule is CCOc1ccccc1-c1nnc(SCC(=O)Nc2oc(-c3ccccc3)c(-c3ccccc3)c2C#N)o1. The molecule has 38 heavy (non-hydrogen) atoms. The van der Waals surface area contributed by atoms with Crippen LogP contribution in [-0.2, 0) is 4.79 Å². The highest BCUT2D eigenvalue weighted by atomic mass is 32.2. The first-order valence-electron chi connectivity index (χ1n) is 11.8. The van der Waals surface area contributed by atoms with Crippen molar-refractivity contribution < 1.29 is 18.4 Å². The van der Waals surface area contributed by atoms with Crippen LogP contribution in [0.3, 0.4) is 0 Å². The molecule has 0 fully saturated rings. The van der Waals surface area contributed by atoms with E-state index in [-0.39, 0.29) is 28.3 Å². The third-order valence-electron chi connectivity index (χ3n) is 5.52. The van der Waals surface area contributed by atoms with Gasteiger partial charge in [0.05, 0.1) is 17.9 Å². The molecular formula is C29H22N4O4S. The van der Waals surface area contributed by atoms with Gasteiger partial charge in [-0.05, 0) is 24.6 Å². The van der Waals surface area contributed by atoms with Crippen molar-refractivity contribution in [1.82, 2.24) is 10.2 Å². The smallest absolute Gasteiger partial charge is 0.277 e. The van der Waals surface area contributed by atoms with E-state index in [1.165, 1.54) is 0 Å². The summed E-state index contributed by atoms with van der Waals surface area (Å²) < 4.78 is 17.4. The molecule has 0 atom stereocenters. The van der Waals surface area contributed by atoms with Crippen molar-refractivity contribution in [3.05, 3.63) is 90.5 Å². The van der Waals surface area contributed by atoms with Crippen molar-refractivity contribution in [3.8, 4) is 45.7 Å². The molecule has 0 radical (unpaired) electrons. The van der Waals surface area contributed by atoms with Crippen LogP contribution in [0, 0.1) is 11.3 Å². The number of benzene rings is 3. The first-order valence-corrected chi connectivity index (χ1v) is 12.8. The predicted molar refractivity (Wildman–Crippen MR) is 145 cm³/mol. The largest absolute Gasteiger partial charge is 0.493 e. The van der Waals surface area contributed by atoms with Gasteiger partial charge in [-0.15, -0.1) is 10.2 Å². The zero-order chi connectivity index (χ0) is 26.3. The van der Waals surface area contributed by atoms with Crippen LogP contribution in [0.4, 0.5) is 5.88 Å². The van der Waals surface area contributed by atoms with Crippen LogP contribution in [-0.4, -0.2) is 28.5 Å². The number of carbonyl (C=O) groups excluding carboxylic acids is 1. The van der Waals surface area contributed by atoms with E-state index < -0.39 is 0 Å². The fourth-order valence-electron chi connectivity index (χ4n) is 3.89. The van der Waals surface area contributed by atoms with Gasteiger partial charge >= 0.3 is 0 Å². The zero-order valence-corrected chi connectivity index (χ0v) is 21.2. The molecule has 0 bridgehead atoms. The van der Waals surface area contributed by atoms with E-state index in [9.17, 15) is 10.1 Å². The van der Waals surface area contributed by atoms with Crippen LogP contribution in [0.15, 0.2) is 99.0 Å². The highest BCUT2D eigenvalue weighted by Crippen LogP contribution is 2.41. The van der Waals surface area contributed by atoms with Crippen LogP contribution in [0.25, 0.3) is 33.9 Å². The van der Waals surface area contributed by atoms with E-state index >= 15 is 0 Å². The van der Waals surface area contributed by atoms with Gasteiger partial charge in [0, 0.05) is 11.1 Å². The molecule has 5 rings (SSSR count). The number of para-hydroxylation sites is 1. The molecule has 1 amide bonds. The highest BCUT2D eigenvalue weighted by molar-refractivity contribution is 7.99. The normalized spacial score (nSPS) is 10.6. The topological polar surface area (TPSA) is 114 Å². The molecule has 3 aromatic carbocycles. The van der Waals surface area contributed by atoms with Crippen molar-refractivity contribution in [2.75, 3.05) is 17.7 Å². The molecule has 5 aromatic rings. The molecule has 0 spiro atoms. The Balaban J connectivity index is 1.35. The maximum atomic E-state index is 12.9. The predicted octanol–water partition coefficient (Wildman–Crippen LogP) is 6.66. The number of hydrogen-bond donors (Lipinski definition) is 1. The number of aromatic nitrogens is 2. The second-order valence-electron chi connectivity index (χ2n) is 7.99. The number of nitrogens with zero attached hydrogens (tertiary/aromatic N) is 3. The number of anilines is 1. The van der Waals surface area contributed by atoms with Gasteiger partial charge in [-0.2, -0.15) is 5.26 Å². The summed E-state index contributed by atoms with van der Waals surface area (Å²) in [5.41, 5.74) is 3.16. The lowest BCUT2D eigenvalue weighted by atomic mass is 9.98. The number of amides is 1. The fourth-order valence-corrected chi connectivity index (χ4v) is 4.45. The number of furan rings is 1. The number of nitriles is 1. The Morgan fingerprint density at radius 2 is 1.63 bits per heavy atom. The number of carbonyl (C=O) groups is 1. The standard InChI is InChI=1S/C29H22N4O4S/c1-2-35-23-16-10-9-15-21(23)28-32-33-29(37-28)38-18-24(34)31-27-22(17-30)25(19-11-5-3-6-12-19)26(36-27)20-13-7-4-8-14-20/h3-16H,2,18H2,1H3,(H,31,34). The van der Waals surface area contributed by atoms with E-state index in [1.54, 1.807) is 0 Å². The first-order chi connectivity index (χ1) is 18.7. The summed E-state index contributed by atoms with van der Waals surface area (Å²) in [6.07, 6.45) is 0. The van der Waals surface area contributed by atoms with Crippen molar-refractivity contribution in [2.24, 2.45) is 0 Å². The molecule has 0 unspecified atom stereocenters. The Morgan fingerprint density at radius 3 is 2.34 bits per heavy atom. The quantitative estimate of drug-likeness (QED) is 0.214. The van der Waals surface area contributed by atoms with Crippen LogP contribution in [0.2, 0.25) is 0 Å². The molecule has 188 valence electrons. The van der Waals surface area contributed by atoms with Crippen molar-refractivity contribution in [2.45, 2.75) is 12.1 Å². The Kier molecular flexibility index (Phi) is 7.52. The summed E-state index contributed by atoms with van der Waals surface area (Å²) in [7, 11) is 0. The van der Waals surface area contributed by atoms with Crippen molar-refractivity contribution in [3.63, 3.8) is 0 Å². The lowest BCUT2D eigenvalue weighted by molar-refractivity contribution is -0.113. The average Bonchev–Trinajstić information content (AvgIpc) is 3.58. The maximum absolute atomic E-state index is 12.9. The van der Waals surface area contributed by atoms with Crippen LogP contribution in [0.5, 0.6) is 5.75 Å². The maximum Gasteiger partial charge on any atom is 0.277 e. The summed E-state index contributed by atoms with van der Waals surface area (Å²) in [5, 5.41) is 21.1. The number of ether oxygens (including phenoxy) is 1. The zero-order valence-electron chi connectivity index (χ0n) is 20.4. The monoisotopic (exact) mass is 522 g/mol. The molecule has 9 heteroatoms. The molecular weight excluding hydrogens is 500 g/mol. The number of rotatable bonds is 9. The van der Waals surface area contributed by atoms with E-state index in [0.29, 0.717) is 35.1 Å². The molecule has 0 aliphatic carbocycles. The highest BCUT2D eigenvalue weighted by Gasteiger charge is 2.24. The number of nitrogens with one attached hydrogen (secondary N) is 1. The van der Waals surface area contributed by atoms with Crippen LogP contribution < -0.4 is 10.1 Å². The molecule has 0 aliphatic rings. The average molecular weight is 523 g/mol. The minimum absolute atomic E-state index is 0.0261. The van der Waals surface area contributed by atoms with Gasteiger partial charge in [0.15, 0.2) is 0 Å². The second-order valence-corrected chi connectivity index (χ2v) is 8.92. The Bertz CT molecular complexity index is 1590. The van der Waals surface area contributed by atoms with E-state index in [4.69, 9.17) is 13.6 Å². The number of hydrogen-bond acceptors (Lipinski definition) is 8. The third-order valence-corrected chi connectivity index (χ3v) is 6.34. The van der Waals surface area contributed by atoms with Crippen molar-refractivity contribution >= 4 is 23.6 Å². The van der Waals surface area contributed by atoms with E-state index in [1.807, 2.05) is 91.9 Å². The minimum Gasteiger partial charge on any atom is -0.493 e. The van der Waals surface area contributed by atoms with Gasteiger partial charge in [0.25, 0.3) is 11.1 Å². The van der Waals surface area contributed by atoms with Crippen LogP contribution >= 0.6 is 11.8 Å². The number of thioether (sulfide) groups is 1. The van der Waals surface area contributed by atoms with Gasteiger partial charge in [0.2, 0.25) is 11.8 Å². The summed E-state index contributed by atoms with van der Waals surface area (Å²) in [4.78, 5) is 12.9. The van der Waals surface area contributed by atoms with Gasteiger partial charge in [-0.3, -0.25) is 10.1 Å². The van der Waals surface area contributed by atoms with Crippen molar-refractivity contribution in [1.29, 1.82) is 5.26 Å². The minimum atomic E-state index is -0.381. The summed E-state index contributed by atoms with van der Waals surface area (Å²) in [6.45, 7) is 2.40. The fraction of sp³-hybridized carbons (Fsp3) is 0.103. The molecule has 0 saturated heterocycles. The van der Waals surface area contributed by atoms with Gasteiger partial charge in [0.1, 0.15) is 23.1 Å². The van der Waals surface area contributed by atoms with E-state index in [0.717, 1.165) is 22.9 Å². The molecule has 8 nitrogen and oxygen atoms in total. The van der Waals surface area contributed by atoms with Crippen LogP contribution in [0.1, 0.15) is 12.5 Å². The van der Waals surface area contributed by atoms with Gasteiger partial charge in [-0.25, -0.2) is 0 Å². The lowest BCUT2D eigenvalue weighted by Gasteiger charge is -2.06.